The number of amides is 1. The van der Waals surface area contributed by atoms with E-state index in [0.717, 1.165) is 0 Å². The number of para-hydroxylation sites is 1. The Labute approximate surface area is 163 Å². The summed E-state index contributed by atoms with van der Waals surface area (Å²) in [5, 5.41) is 4.90. The quantitative estimate of drug-likeness (QED) is 0.502. The Morgan fingerprint density at radius 1 is 1.07 bits per heavy atom. The number of rotatable bonds is 2. The molecule has 0 saturated carbocycles. The predicted octanol–water partition coefficient (Wildman–Crippen LogP) is 4.49. The first-order valence-electron chi connectivity index (χ1n) is 8.62. The van der Waals surface area contributed by atoms with Crippen molar-refractivity contribution in [3.8, 4) is 0 Å². The molecule has 0 unspecified atom stereocenters. The first kappa shape index (κ1) is 16.8. The molecule has 0 radical (unpaired) electrons. The summed E-state index contributed by atoms with van der Waals surface area (Å²) < 4.78 is 11.0. The third kappa shape index (κ3) is 2.38. The maximum atomic E-state index is 13.3. The van der Waals surface area contributed by atoms with Crippen molar-refractivity contribution >= 4 is 34.3 Å². The van der Waals surface area contributed by atoms with Crippen LogP contribution < -0.4 is 10.3 Å². The van der Waals surface area contributed by atoms with Crippen LogP contribution in [0.5, 0.6) is 0 Å². The zero-order valence-corrected chi connectivity index (χ0v) is 15.4. The van der Waals surface area contributed by atoms with Crippen LogP contribution in [0.15, 0.2) is 68.3 Å². The summed E-state index contributed by atoms with van der Waals surface area (Å²) in [4.78, 5) is 28.0. The Balaban J connectivity index is 1.84. The molecule has 2 aromatic heterocycles. The number of nitrogens with zero attached hydrogens (tertiary/aromatic N) is 2. The summed E-state index contributed by atoms with van der Waals surface area (Å²) in [6.07, 6.45) is 0. The van der Waals surface area contributed by atoms with Gasteiger partial charge in [-0.2, -0.15) is 0 Å². The average Bonchev–Trinajstić information content (AvgIpc) is 3.23. The Morgan fingerprint density at radius 3 is 2.64 bits per heavy atom. The molecule has 138 valence electrons. The summed E-state index contributed by atoms with van der Waals surface area (Å²) in [6, 6.07) is 14.8. The molecule has 1 aliphatic rings. The molecule has 3 heterocycles. The fraction of sp³-hybridized carbons (Fsp3) is 0.0952. The minimum atomic E-state index is -0.716. The molecule has 4 aromatic rings. The van der Waals surface area contributed by atoms with E-state index in [4.69, 9.17) is 20.5 Å². The number of fused-ring (bicyclic) bond motifs is 2. The molecule has 28 heavy (non-hydrogen) atoms. The third-order valence-corrected chi connectivity index (χ3v) is 5.04. The summed E-state index contributed by atoms with van der Waals surface area (Å²) >= 11 is 6.18. The van der Waals surface area contributed by atoms with Crippen molar-refractivity contribution in [3.05, 3.63) is 92.5 Å². The van der Waals surface area contributed by atoms with Crippen LogP contribution in [0.2, 0.25) is 5.02 Å². The lowest BCUT2D eigenvalue weighted by Crippen LogP contribution is -2.29. The maximum Gasteiger partial charge on any atom is 0.296 e. The second kappa shape index (κ2) is 6.07. The van der Waals surface area contributed by atoms with E-state index in [1.807, 2.05) is 6.07 Å². The van der Waals surface area contributed by atoms with Gasteiger partial charge < -0.3 is 8.94 Å². The molecule has 0 bridgehead atoms. The molecule has 1 aliphatic heterocycles. The van der Waals surface area contributed by atoms with Gasteiger partial charge in [-0.25, -0.2) is 0 Å². The van der Waals surface area contributed by atoms with Gasteiger partial charge >= 0.3 is 0 Å². The highest BCUT2D eigenvalue weighted by Gasteiger charge is 2.44. The van der Waals surface area contributed by atoms with E-state index in [2.05, 4.69) is 5.16 Å². The predicted molar refractivity (Wildman–Crippen MR) is 104 cm³/mol. The van der Waals surface area contributed by atoms with E-state index in [-0.39, 0.29) is 16.8 Å². The molecule has 0 fully saturated rings. The number of halogens is 1. The Morgan fingerprint density at radius 2 is 1.89 bits per heavy atom. The molecular weight excluding hydrogens is 380 g/mol. The zero-order chi connectivity index (χ0) is 19.4. The van der Waals surface area contributed by atoms with Gasteiger partial charge in [0, 0.05) is 11.1 Å². The van der Waals surface area contributed by atoms with E-state index in [1.54, 1.807) is 55.5 Å². The molecule has 0 aliphatic carbocycles. The number of hydrogen-bond acceptors (Lipinski definition) is 5. The minimum absolute atomic E-state index is 0.00864. The lowest BCUT2D eigenvalue weighted by atomic mass is 9.98. The Hall–Kier alpha value is -3.38. The second-order valence-electron chi connectivity index (χ2n) is 6.60. The number of anilines is 1. The van der Waals surface area contributed by atoms with E-state index < -0.39 is 11.9 Å². The molecule has 7 heteroatoms. The molecule has 5 rings (SSSR count). The van der Waals surface area contributed by atoms with Crippen molar-refractivity contribution in [2.45, 2.75) is 13.0 Å². The van der Waals surface area contributed by atoms with E-state index in [9.17, 15) is 9.59 Å². The second-order valence-corrected chi connectivity index (χ2v) is 7.04. The molecule has 0 saturated heterocycles. The van der Waals surface area contributed by atoms with Crippen LogP contribution in [0.3, 0.4) is 0 Å². The fourth-order valence-electron chi connectivity index (χ4n) is 3.61. The normalized spacial score (nSPS) is 16.0. The highest BCUT2D eigenvalue weighted by atomic mass is 35.5. The van der Waals surface area contributed by atoms with E-state index in [1.165, 1.54) is 4.90 Å². The Kier molecular flexibility index (Phi) is 3.64. The van der Waals surface area contributed by atoms with Crippen molar-refractivity contribution in [2.75, 3.05) is 4.90 Å². The topological polar surface area (TPSA) is 76.6 Å². The molecule has 6 nitrogen and oxygen atoms in total. The molecule has 0 N–H and O–H groups in total. The third-order valence-electron chi connectivity index (χ3n) is 4.80. The number of benzene rings is 2. The zero-order valence-electron chi connectivity index (χ0n) is 14.7. The first-order chi connectivity index (χ1) is 13.5. The van der Waals surface area contributed by atoms with E-state index in [0.29, 0.717) is 33.1 Å². The average molecular weight is 393 g/mol. The fourth-order valence-corrected chi connectivity index (χ4v) is 3.81. The number of aromatic nitrogens is 1. The summed E-state index contributed by atoms with van der Waals surface area (Å²) in [7, 11) is 0. The number of hydrogen-bond donors (Lipinski definition) is 0. The van der Waals surface area contributed by atoms with Crippen molar-refractivity contribution < 1.29 is 13.7 Å². The van der Waals surface area contributed by atoms with Crippen LogP contribution in [0.25, 0.3) is 11.0 Å². The van der Waals surface area contributed by atoms with Gasteiger partial charge in [0.25, 0.3) is 5.91 Å². The Bertz CT molecular complexity index is 1310. The minimum Gasteiger partial charge on any atom is -0.450 e. The van der Waals surface area contributed by atoms with Crippen molar-refractivity contribution in [1.29, 1.82) is 0 Å². The van der Waals surface area contributed by atoms with Crippen LogP contribution in [-0.4, -0.2) is 11.1 Å². The van der Waals surface area contributed by atoms with Crippen molar-refractivity contribution in [3.63, 3.8) is 0 Å². The van der Waals surface area contributed by atoms with Crippen molar-refractivity contribution in [2.24, 2.45) is 0 Å². The number of carbonyl (C=O) groups is 1. The van der Waals surface area contributed by atoms with Crippen LogP contribution in [0, 0.1) is 6.92 Å². The van der Waals surface area contributed by atoms with Gasteiger partial charge in [-0.1, -0.05) is 41.0 Å². The lowest BCUT2D eigenvalue weighted by Gasteiger charge is -2.22. The van der Waals surface area contributed by atoms with Crippen LogP contribution in [0.4, 0.5) is 5.82 Å². The highest BCUT2D eigenvalue weighted by Crippen LogP contribution is 2.41. The van der Waals surface area contributed by atoms with Gasteiger partial charge in [-0.3, -0.25) is 14.5 Å². The van der Waals surface area contributed by atoms with Gasteiger partial charge in [0.15, 0.2) is 11.2 Å². The van der Waals surface area contributed by atoms with Crippen molar-refractivity contribution in [1.82, 2.24) is 5.16 Å². The molecule has 0 spiro atoms. The number of carbonyl (C=O) groups excluding carboxylic acids is 1. The van der Waals surface area contributed by atoms with Gasteiger partial charge in [-0.15, -0.1) is 0 Å². The smallest absolute Gasteiger partial charge is 0.296 e. The van der Waals surface area contributed by atoms with Gasteiger partial charge in [0.2, 0.25) is 5.76 Å². The summed E-state index contributed by atoms with van der Waals surface area (Å²) in [5.41, 5.74) is 1.06. The highest BCUT2D eigenvalue weighted by molar-refractivity contribution is 6.30. The first-order valence-corrected chi connectivity index (χ1v) is 9.00. The summed E-state index contributed by atoms with van der Waals surface area (Å²) in [5.74, 6) is 0.417. The monoisotopic (exact) mass is 392 g/mol. The summed E-state index contributed by atoms with van der Waals surface area (Å²) in [6.45, 7) is 1.73. The molecule has 1 atom stereocenters. The van der Waals surface area contributed by atoms with Crippen LogP contribution in [-0.2, 0) is 0 Å². The number of aryl methyl sites for hydroxylation is 1. The molecular formula is C21H13ClN2O4. The SMILES string of the molecule is Cc1cc(N2C(=O)c3oc4ccccc4c(=O)c3[C@@H]2c2cccc(Cl)c2)no1. The lowest BCUT2D eigenvalue weighted by molar-refractivity contribution is 0.0969. The maximum absolute atomic E-state index is 13.3. The van der Waals surface area contributed by atoms with Crippen LogP contribution >= 0.6 is 11.6 Å². The van der Waals surface area contributed by atoms with Gasteiger partial charge in [-0.05, 0) is 36.8 Å². The largest absolute Gasteiger partial charge is 0.450 e. The molecule has 1 amide bonds. The standard InChI is InChI=1S/C21H13ClN2O4/c1-11-9-16(23-28-11)24-18(12-5-4-6-13(22)10-12)17-19(25)14-7-2-3-8-15(14)27-20(17)21(24)26/h2-10,18H,1H3/t18-/m0/s1. The van der Waals surface area contributed by atoms with E-state index >= 15 is 0 Å². The molecule has 2 aromatic carbocycles. The van der Waals surface area contributed by atoms with Crippen LogP contribution in [0.1, 0.15) is 33.5 Å². The van der Waals surface area contributed by atoms with Gasteiger partial charge in [0.05, 0.1) is 17.0 Å². The van der Waals surface area contributed by atoms with Gasteiger partial charge in [0.1, 0.15) is 11.3 Å².